The van der Waals surface area contributed by atoms with E-state index in [9.17, 15) is 14.7 Å². The number of epoxide rings is 1. The number of aliphatic hydroxyl groups excluding tert-OH is 1. The number of hydrogen-bond donors (Lipinski definition) is 2. The molecular weight excluding hydrogens is 450 g/mol. The van der Waals surface area contributed by atoms with Crippen LogP contribution in [0.15, 0.2) is 36.0 Å². The van der Waals surface area contributed by atoms with Crippen LogP contribution in [0.2, 0.25) is 0 Å². The van der Waals surface area contributed by atoms with Crippen LogP contribution < -0.4 is 5.32 Å². The largest absolute Gasteiger partial charge is 0.459 e. The average Bonchev–Trinajstić information content (AvgIpc) is 3.54. The number of aliphatic hydroxyl groups is 1. The maximum atomic E-state index is 12.3. The predicted molar refractivity (Wildman–Crippen MR) is 132 cm³/mol. The molecular formula is C27H41NO7. The molecule has 1 amide bonds. The van der Waals surface area contributed by atoms with Crippen LogP contribution in [0.25, 0.3) is 0 Å². The summed E-state index contributed by atoms with van der Waals surface area (Å²) in [7, 11) is 0. The van der Waals surface area contributed by atoms with E-state index in [-0.39, 0.29) is 48.3 Å². The summed E-state index contributed by atoms with van der Waals surface area (Å²) < 4.78 is 22.7. The number of carbonyl (C=O) groups excluding carboxylic acids is 2. The van der Waals surface area contributed by atoms with Crippen LogP contribution in [0.1, 0.15) is 60.8 Å². The number of esters is 1. The first-order chi connectivity index (χ1) is 16.5. The van der Waals surface area contributed by atoms with Crippen molar-refractivity contribution in [3.63, 3.8) is 0 Å². The fraction of sp³-hybridized carbons (Fsp3) is 0.704. The Hall–Kier alpha value is -2.00. The van der Waals surface area contributed by atoms with Crippen LogP contribution in [-0.4, -0.2) is 71.9 Å². The van der Waals surface area contributed by atoms with E-state index < -0.39 is 17.8 Å². The van der Waals surface area contributed by atoms with Crippen LogP contribution in [0, 0.1) is 5.92 Å². The molecule has 9 atom stereocenters. The standard InChI is InChI=1S/C27H41NO7/c1-16(8-11-24-26(31)27(15-32-27)14-19(4)34-24)7-10-23-17(2)13-22(20(5)35-23)28-25(30)12-9-18(3)33-21(6)29/h7-9,11-12,17-20,22-24,26,31H,10,13-15H2,1-6H3,(H,28,30)/t17-,18-,19-,20+,22+,23-,24+,26+,27+/m0/s1. The lowest BCUT2D eigenvalue weighted by Crippen LogP contribution is -2.50. The van der Waals surface area contributed by atoms with E-state index in [1.807, 2.05) is 32.9 Å². The van der Waals surface area contributed by atoms with E-state index >= 15 is 0 Å². The van der Waals surface area contributed by atoms with Gasteiger partial charge >= 0.3 is 5.97 Å². The number of carbonyl (C=O) groups is 2. The van der Waals surface area contributed by atoms with Crippen LogP contribution in [0.3, 0.4) is 0 Å². The van der Waals surface area contributed by atoms with E-state index in [1.165, 1.54) is 13.0 Å². The summed E-state index contributed by atoms with van der Waals surface area (Å²) in [4.78, 5) is 23.3. The van der Waals surface area contributed by atoms with Gasteiger partial charge in [0.1, 0.15) is 23.9 Å². The molecule has 0 aliphatic carbocycles. The number of allylic oxidation sites excluding steroid dienone is 2. The minimum Gasteiger partial charge on any atom is -0.459 e. The van der Waals surface area contributed by atoms with E-state index in [0.29, 0.717) is 6.61 Å². The molecule has 0 bridgehead atoms. The van der Waals surface area contributed by atoms with E-state index in [0.717, 1.165) is 24.8 Å². The zero-order chi connectivity index (χ0) is 25.8. The van der Waals surface area contributed by atoms with Gasteiger partial charge in [-0.15, -0.1) is 0 Å². The van der Waals surface area contributed by atoms with E-state index in [2.05, 4.69) is 18.3 Å². The van der Waals surface area contributed by atoms with Gasteiger partial charge in [0.15, 0.2) is 0 Å². The van der Waals surface area contributed by atoms with Crippen molar-refractivity contribution in [2.24, 2.45) is 5.92 Å². The average molecular weight is 492 g/mol. The van der Waals surface area contributed by atoms with Gasteiger partial charge in [0.2, 0.25) is 5.91 Å². The van der Waals surface area contributed by atoms with Gasteiger partial charge in [-0.2, -0.15) is 0 Å². The molecule has 0 aromatic heterocycles. The molecule has 3 aliphatic heterocycles. The highest BCUT2D eigenvalue weighted by atomic mass is 16.6. The van der Waals surface area contributed by atoms with Crippen molar-refractivity contribution in [3.05, 3.63) is 36.0 Å². The van der Waals surface area contributed by atoms with Gasteiger partial charge < -0.3 is 29.4 Å². The molecule has 3 saturated heterocycles. The lowest BCUT2D eigenvalue weighted by atomic mass is 9.87. The van der Waals surface area contributed by atoms with Crippen molar-refractivity contribution < 1.29 is 33.6 Å². The molecule has 35 heavy (non-hydrogen) atoms. The summed E-state index contributed by atoms with van der Waals surface area (Å²) in [6, 6.07) is -0.0868. The third kappa shape index (κ3) is 7.74. The highest BCUT2D eigenvalue weighted by Gasteiger charge is 2.57. The summed E-state index contributed by atoms with van der Waals surface area (Å²) in [5.74, 6) is -0.340. The Labute approximate surface area is 208 Å². The minimum atomic E-state index is -0.642. The van der Waals surface area contributed by atoms with Crippen LogP contribution in [0.5, 0.6) is 0 Å². The van der Waals surface area contributed by atoms with Gasteiger partial charge in [-0.1, -0.05) is 30.7 Å². The zero-order valence-corrected chi connectivity index (χ0v) is 21.7. The van der Waals surface area contributed by atoms with Crippen LogP contribution in [0.4, 0.5) is 0 Å². The third-order valence-electron chi connectivity index (χ3n) is 7.02. The maximum absolute atomic E-state index is 12.3. The van der Waals surface area contributed by atoms with Gasteiger partial charge in [0.05, 0.1) is 31.0 Å². The van der Waals surface area contributed by atoms with Gasteiger partial charge in [-0.05, 0) is 52.5 Å². The molecule has 8 nitrogen and oxygen atoms in total. The monoisotopic (exact) mass is 491 g/mol. The first-order valence-corrected chi connectivity index (χ1v) is 12.6. The third-order valence-corrected chi connectivity index (χ3v) is 7.02. The van der Waals surface area contributed by atoms with Gasteiger partial charge in [-0.25, -0.2) is 0 Å². The smallest absolute Gasteiger partial charge is 0.303 e. The number of ether oxygens (including phenoxy) is 4. The molecule has 3 heterocycles. The second-order valence-corrected chi connectivity index (χ2v) is 10.3. The zero-order valence-electron chi connectivity index (χ0n) is 21.7. The van der Waals surface area contributed by atoms with E-state index in [4.69, 9.17) is 18.9 Å². The molecule has 2 N–H and O–H groups in total. The number of rotatable bonds is 8. The Balaban J connectivity index is 1.47. The number of nitrogens with one attached hydrogen (secondary N) is 1. The number of amides is 1. The Morgan fingerprint density at radius 2 is 1.91 bits per heavy atom. The van der Waals surface area contributed by atoms with Gasteiger partial charge in [0, 0.05) is 19.4 Å². The fourth-order valence-corrected chi connectivity index (χ4v) is 4.91. The van der Waals surface area contributed by atoms with Crippen molar-refractivity contribution >= 4 is 11.9 Å². The Kier molecular flexibility index (Phi) is 9.32. The van der Waals surface area contributed by atoms with E-state index in [1.54, 1.807) is 13.0 Å². The highest BCUT2D eigenvalue weighted by molar-refractivity contribution is 5.87. The molecule has 1 spiro atoms. The molecule has 0 saturated carbocycles. The SMILES string of the molecule is CC(=O)O[C@@H](C)C=CC(=O)N[C@@H]1C[C@H](C)[C@H](CC=C(C)C=C[C@H]2O[C@@H](C)C[C@@]3(CO3)[C@@H]2O)O[C@@H]1C. The van der Waals surface area contributed by atoms with Crippen molar-refractivity contribution in [1.82, 2.24) is 5.32 Å². The summed E-state index contributed by atoms with van der Waals surface area (Å²) in [5, 5.41) is 13.6. The normalized spacial score (nSPS) is 38.6. The summed E-state index contributed by atoms with van der Waals surface area (Å²) >= 11 is 0. The van der Waals surface area contributed by atoms with Crippen molar-refractivity contribution in [1.29, 1.82) is 0 Å². The summed E-state index contributed by atoms with van der Waals surface area (Å²) in [6.45, 7) is 11.8. The lowest BCUT2D eigenvalue weighted by molar-refractivity contribution is -0.143. The molecule has 3 fully saturated rings. The Bertz CT molecular complexity index is 846. The molecule has 0 radical (unpaired) electrons. The quantitative estimate of drug-likeness (QED) is 0.233. The lowest BCUT2D eigenvalue weighted by Gasteiger charge is -2.39. The summed E-state index contributed by atoms with van der Waals surface area (Å²) in [5.41, 5.74) is 0.657. The van der Waals surface area contributed by atoms with Gasteiger partial charge in [-0.3, -0.25) is 9.59 Å². The summed E-state index contributed by atoms with van der Waals surface area (Å²) in [6.07, 6.45) is 9.86. The molecule has 3 rings (SSSR count). The van der Waals surface area contributed by atoms with Crippen molar-refractivity contribution in [3.8, 4) is 0 Å². The minimum absolute atomic E-state index is 0.0546. The molecule has 3 aliphatic rings. The second kappa shape index (κ2) is 11.8. The molecule has 0 aromatic rings. The van der Waals surface area contributed by atoms with Crippen molar-refractivity contribution in [2.75, 3.05) is 6.61 Å². The van der Waals surface area contributed by atoms with Crippen LogP contribution >= 0.6 is 0 Å². The fourth-order valence-electron chi connectivity index (χ4n) is 4.91. The Morgan fingerprint density at radius 1 is 1.20 bits per heavy atom. The second-order valence-electron chi connectivity index (χ2n) is 10.3. The van der Waals surface area contributed by atoms with Gasteiger partial charge in [0.25, 0.3) is 0 Å². The molecule has 0 aromatic carbocycles. The number of hydrogen-bond acceptors (Lipinski definition) is 7. The maximum Gasteiger partial charge on any atom is 0.303 e. The Morgan fingerprint density at radius 3 is 2.57 bits per heavy atom. The predicted octanol–water partition coefficient (Wildman–Crippen LogP) is 2.99. The molecule has 0 unspecified atom stereocenters. The molecule has 8 heteroatoms. The topological polar surface area (TPSA) is 107 Å². The molecule has 196 valence electrons. The first-order valence-electron chi connectivity index (χ1n) is 12.6. The van der Waals surface area contributed by atoms with Crippen molar-refractivity contribution in [2.45, 2.75) is 109 Å². The highest BCUT2D eigenvalue weighted by Crippen LogP contribution is 2.42. The van der Waals surface area contributed by atoms with Crippen LogP contribution in [-0.2, 0) is 28.5 Å². The first kappa shape index (κ1) is 27.6.